The van der Waals surface area contributed by atoms with Gasteiger partial charge in [-0.3, -0.25) is 0 Å². The van der Waals surface area contributed by atoms with Crippen molar-refractivity contribution in [2.75, 3.05) is 11.9 Å². The number of anilines is 1. The van der Waals surface area contributed by atoms with Crippen molar-refractivity contribution >= 4 is 32.4 Å². The first-order valence-corrected chi connectivity index (χ1v) is 5.78. The van der Waals surface area contributed by atoms with Gasteiger partial charge in [-0.1, -0.05) is 0 Å². The zero-order chi connectivity index (χ0) is 8.55. The van der Waals surface area contributed by atoms with Gasteiger partial charge in [-0.05, 0) is 35.2 Å². The van der Waals surface area contributed by atoms with Gasteiger partial charge in [0, 0.05) is 18.5 Å². The fourth-order valence-electron chi connectivity index (χ4n) is 1.34. The van der Waals surface area contributed by atoms with Crippen molar-refractivity contribution in [2.24, 2.45) is 0 Å². The second-order valence-corrected chi connectivity index (χ2v) is 4.80. The molecule has 1 aliphatic carbocycles. The maximum atomic E-state index is 4.37. The second-order valence-electron chi connectivity index (χ2n) is 3.15. The first-order valence-electron chi connectivity index (χ1n) is 4.11. The van der Waals surface area contributed by atoms with Crippen LogP contribution in [0.4, 0.5) is 5.13 Å². The molecular weight excluding hydrogens is 236 g/mol. The van der Waals surface area contributed by atoms with Crippen LogP contribution in [-0.4, -0.2) is 18.1 Å². The summed E-state index contributed by atoms with van der Waals surface area (Å²) >= 11 is 5.07. The minimum absolute atomic E-state index is 0.739. The Morgan fingerprint density at radius 2 is 2.42 bits per heavy atom. The number of nitrogens with zero attached hydrogens (tertiary/aromatic N) is 2. The Bertz CT molecular complexity index is 270. The fraction of sp³-hybridized carbons (Fsp3) is 0.625. The molecule has 1 aliphatic rings. The molecule has 1 aromatic rings. The number of thiazole rings is 1. The average Bonchev–Trinajstić information content (AvgIpc) is 2.31. The third-order valence-electron chi connectivity index (χ3n) is 2.39. The van der Waals surface area contributed by atoms with E-state index in [0.717, 1.165) is 15.8 Å². The predicted octanol–water partition coefficient (Wildman–Crippen LogP) is 2.89. The summed E-state index contributed by atoms with van der Waals surface area (Å²) in [7, 11) is 2.13. The van der Waals surface area contributed by atoms with Crippen molar-refractivity contribution in [2.45, 2.75) is 25.3 Å². The zero-order valence-corrected chi connectivity index (χ0v) is 9.36. The van der Waals surface area contributed by atoms with Crippen LogP contribution in [0.3, 0.4) is 0 Å². The lowest BCUT2D eigenvalue weighted by Gasteiger charge is -2.34. The number of hydrogen-bond donors (Lipinski definition) is 0. The highest BCUT2D eigenvalue weighted by molar-refractivity contribution is 9.10. The van der Waals surface area contributed by atoms with Crippen LogP contribution in [0.15, 0.2) is 9.98 Å². The van der Waals surface area contributed by atoms with Gasteiger partial charge in [0.05, 0.1) is 0 Å². The summed E-state index contributed by atoms with van der Waals surface area (Å²) in [5.41, 5.74) is 0. The van der Waals surface area contributed by atoms with Gasteiger partial charge in [0.1, 0.15) is 4.60 Å². The summed E-state index contributed by atoms with van der Waals surface area (Å²) in [5, 5.41) is 3.16. The minimum atomic E-state index is 0.739. The van der Waals surface area contributed by atoms with Crippen molar-refractivity contribution < 1.29 is 0 Å². The molecule has 0 bridgehead atoms. The summed E-state index contributed by atoms with van der Waals surface area (Å²) in [6.45, 7) is 0. The normalized spacial score (nSPS) is 17.5. The molecule has 1 saturated carbocycles. The van der Waals surface area contributed by atoms with E-state index in [9.17, 15) is 0 Å². The molecule has 1 aromatic heterocycles. The molecule has 12 heavy (non-hydrogen) atoms. The first-order chi connectivity index (χ1) is 5.77. The molecule has 1 fully saturated rings. The van der Waals surface area contributed by atoms with Gasteiger partial charge in [0.25, 0.3) is 0 Å². The van der Waals surface area contributed by atoms with Gasteiger partial charge in [0.15, 0.2) is 5.13 Å². The quantitative estimate of drug-likeness (QED) is 0.798. The Kier molecular flexibility index (Phi) is 2.37. The van der Waals surface area contributed by atoms with E-state index < -0.39 is 0 Å². The van der Waals surface area contributed by atoms with Crippen molar-refractivity contribution in [3.05, 3.63) is 9.98 Å². The van der Waals surface area contributed by atoms with Crippen LogP contribution in [0, 0.1) is 0 Å². The van der Waals surface area contributed by atoms with Crippen molar-refractivity contribution in [3.8, 4) is 0 Å². The SMILES string of the molecule is CN(c1nc(Br)cs1)C1CCC1. The monoisotopic (exact) mass is 246 g/mol. The number of hydrogen-bond acceptors (Lipinski definition) is 3. The maximum Gasteiger partial charge on any atom is 0.186 e. The summed E-state index contributed by atoms with van der Waals surface area (Å²) < 4.78 is 0.952. The molecule has 0 saturated heterocycles. The Hall–Kier alpha value is -0.0900. The van der Waals surface area contributed by atoms with Gasteiger partial charge in [-0.2, -0.15) is 0 Å². The molecule has 0 atom stereocenters. The maximum absolute atomic E-state index is 4.37. The van der Waals surface area contributed by atoms with Crippen LogP contribution in [0.5, 0.6) is 0 Å². The van der Waals surface area contributed by atoms with Crippen molar-refractivity contribution in [3.63, 3.8) is 0 Å². The largest absolute Gasteiger partial charge is 0.348 e. The molecule has 0 aliphatic heterocycles. The van der Waals surface area contributed by atoms with Crippen LogP contribution in [-0.2, 0) is 0 Å². The lowest BCUT2D eigenvalue weighted by Crippen LogP contribution is -2.36. The third-order valence-corrected chi connectivity index (χ3v) is 4.03. The third kappa shape index (κ3) is 1.50. The van der Waals surface area contributed by atoms with Crippen LogP contribution in [0.1, 0.15) is 19.3 Å². The number of rotatable bonds is 2. The van der Waals surface area contributed by atoms with Crippen molar-refractivity contribution in [1.82, 2.24) is 4.98 Å². The minimum Gasteiger partial charge on any atom is -0.348 e. The predicted molar refractivity (Wildman–Crippen MR) is 55.9 cm³/mol. The highest BCUT2D eigenvalue weighted by atomic mass is 79.9. The average molecular weight is 247 g/mol. The first kappa shape index (κ1) is 8.51. The van der Waals surface area contributed by atoms with E-state index in [2.05, 4.69) is 32.9 Å². The Morgan fingerprint density at radius 1 is 1.67 bits per heavy atom. The fourth-order valence-corrected chi connectivity index (χ4v) is 2.63. The van der Waals surface area contributed by atoms with Gasteiger partial charge >= 0.3 is 0 Å². The molecule has 0 N–H and O–H groups in total. The summed E-state index contributed by atoms with van der Waals surface area (Å²) in [6.07, 6.45) is 4.03. The van der Waals surface area contributed by atoms with Gasteiger partial charge in [0.2, 0.25) is 0 Å². The van der Waals surface area contributed by atoms with E-state index in [4.69, 9.17) is 0 Å². The van der Waals surface area contributed by atoms with E-state index >= 15 is 0 Å². The molecule has 66 valence electrons. The van der Waals surface area contributed by atoms with E-state index in [1.54, 1.807) is 11.3 Å². The number of aromatic nitrogens is 1. The second kappa shape index (κ2) is 3.34. The lowest BCUT2D eigenvalue weighted by atomic mass is 9.92. The molecule has 0 radical (unpaired) electrons. The summed E-state index contributed by atoms with van der Waals surface area (Å²) in [4.78, 5) is 6.67. The standard InChI is InChI=1S/C8H11BrN2S/c1-11(6-3-2-4-6)8-10-7(9)5-12-8/h5-6H,2-4H2,1H3. The van der Waals surface area contributed by atoms with E-state index in [-0.39, 0.29) is 0 Å². The molecule has 1 heterocycles. The smallest absolute Gasteiger partial charge is 0.186 e. The van der Waals surface area contributed by atoms with Crippen LogP contribution in [0.2, 0.25) is 0 Å². The van der Waals surface area contributed by atoms with Gasteiger partial charge in [-0.25, -0.2) is 4.98 Å². The van der Waals surface area contributed by atoms with Gasteiger partial charge < -0.3 is 4.90 Å². The molecule has 0 amide bonds. The Morgan fingerprint density at radius 3 is 2.83 bits per heavy atom. The molecule has 0 aromatic carbocycles. The number of halogens is 1. The zero-order valence-electron chi connectivity index (χ0n) is 6.96. The lowest BCUT2D eigenvalue weighted by molar-refractivity contribution is 0.401. The van der Waals surface area contributed by atoms with Crippen LogP contribution >= 0.6 is 27.3 Å². The van der Waals surface area contributed by atoms with Gasteiger partial charge in [-0.15, -0.1) is 11.3 Å². The Balaban J connectivity index is 2.08. The molecular formula is C8H11BrN2S. The molecule has 4 heteroatoms. The topological polar surface area (TPSA) is 16.1 Å². The molecule has 2 nitrogen and oxygen atoms in total. The van der Waals surface area contributed by atoms with E-state index in [0.29, 0.717) is 0 Å². The molecule has 0 spiro atoms. The Labute approximate surface area is 84.7 Å². The molecule has 0 unspecified atom stereocenters. The molecule has 2 rings (SSSR count). The van der Waals surface area contributed by atoms with E-state index in [1.165, 1.54) is 19.3 Å². The highest BCUT2D eigenvalue weighted by Gasteiger charge is 2.23. The van der Waals surface area contributed by atoms with Crippen LogP contribution < -0.4 is 4.90 Å². The van der Waals surface area contributed by atoms with Crippen LogP contribution in [0.25, 0.3) is 0 Å². The summed E-state index contributed by atoms with van der Waals surface area (Å²) in [6, 6.07) is 0.739. The van der Waals surface area contributed by atoms with Crippen molar-refractivity contribution in [1.29, 1.82) is 0 Å². The highest BCUT2D eigenvalue weighted by Crippen LogP contribution is 2.30. The van der Waals surface area contributed by atoms with E-state index in [1.807, 2.05) is 5.38 Å². The summed E-state index contributed by atoms with van der Waals surface area (Å²) in [5.74, 6) is 0.